The zero-order chi connectivity index (χ0) is 20.4. The van der Waals surface area contributed by atoms with Crippen molar-refractivity contribution in [1.29, 1.82) is 0 Å². The van der Waals surface area contributed by atoms with Crippen molar-refractivity contribution in [1.82, 2.24) is 4.57 Å². The molecule has 0 saturated carbocycles. The molecular formula is C24H21BrN3O+. The Hall–Kier alpha value is -3.18. The van der Waals surface area contributed by atoms with E-state index in [1.54, 1.807) is 4.57 Å². The number of imidazole rings is 1. The third-order valence-electron chi connectivity index (χ3n) is 5.05. The Balaban J connectivity index is 1.59. The van der Waals surface area contributed by atoms with Gasteiger partial charge in [0.1, 0.15) is 18.4 Å². The van der Waals surface area contributed by atoms with E-state index in [0.29, 0.717) is 11.5 Å². The number of nitrogens with two attached hydrogens (primary N) is 1. The number of Topliss-reactive ketones (excluding diaryl/α,β-unsaturated/α-hetero) is 1. The van der Waals surface area contributed by atoms with Gasteiger partial charge in [0.15, 0.2) is 5.78 Å². The number of anilines is 1. The third-order valence-corrected chi connectivity index (χ3v) is 5.57. The summed E-state index contributed by atoms with van der Waals surface area (Å²) in [6.07, 6.45) is 1.93. The lowest BCUT2D eigenvalue weighted by Gasteiger charge is -2.03. The van der Waals surface area contributed by atoms with Crippen LogP contribution in [0, 0.1) is 0 Å². The van der Waals surface area contributed by atoms with E-state index in [-0.39, 0.29) is 12.3 Å². The van der Waals surface area contributed by atoms with Crippen LogP contribution >= 0.6 is 15.9 Å². The molecule has 0 unspecified atom stereocenters. The first kappa shape index (κ1) is 19.2. The number of benzene rings is 3. The van der Waals surface area contributed by atoms with Crippen LogP contribution in [0.15, 0.2) is 89.5 Å². The van der Waals surface area contributed by atoms with Crippen LogP contribution in [0.1, 0.15) is 10.4 Å². The van der Waals surface area contributed by atoms with Crippen molar-refractivity contribution < 1.29 is 9.36 Å². The number of nitrogens with zero attached hydrogens (tertiary/aromatic N) is 2. The van der Waals surface area contributed by atoms with E-state index in [1.807, 2.05) is 60.3 Å². The average Bonchev–Trinajstić information content (AvgIpc) is 3.03. The summed E-state index contributed by atoms with van der Waals surface area (Å²) in [5.74, 6) is 0.559. The van der Waals surface area contributed by atoms with Crippen LogP contribution in [0.25, 0.3) is 22.4 Å². The van der Waals surface area contributed by atoms with Crippen LogP contribution in [0.3, 0.4) is 0 Å². The van der Waals surface area contributed by atoms with Gasteiger partial charge in [-0.25, -0.2) is 9.13 Å². The summed E-state index contributed by atoms with van der Waals surface area (Å²) in [4.78, 5) is 12.6. The van der Waals surface area contributed by atoms with Crippen LogP contribution < -0.4 is 10.3 Å². The minimum atomic E-state index is 0.0192. The largest absolute Gasteiger partial charge is 0.355 e. The van der Waals surface area contributed by atoms with Crippen LogP contribution in [-0.4, -0.2) is 10.4 Å². The summed E-state index contributed by atoms with van der Waals surface area (Å²) in [5.41, 5.74) is 11.3. The fraction of sp³-hybridized carbons (Fsp3) is 0.0833. The average molecular weight is 447 g/mol. The molecule has 0 aliphatic heterocycles. The van der Waals surface area contributed by atoms with Gasteiger partial charge in [-0.15, -0.1) is 0 Å². The van der Waals surface area contributed by atoms with Gasteiger partial charge in [0.25, 0.3) is 0 Å². The molecule has 4 nitrogen and oxygen atoms in total. The number of carbonyl (C=O) groups excluding carboxylic acids is 1. The lowest BCUT2D eigenvalue weighted by Crippen LogP contribution is -2.39. The van der Waals surface area contributed by atoms with Crippen LogP contribution in [0.2, 0.25) is 0 Å². The first-order valence-corrected chi connectivity index (χ1v) is 10.1. The highest BCUT2D eigenvalue weighted by Crippen LogP contribution is 2.25. The molecule has 0 atom stereocenters. The van der Waals surface area contributed by atoms with Crippen molar-refractivity contribution in [3.8, 4) is 22.4 Å². The van der Waals surface area contributed by atoms with Crippen molar-refractivity contribution in [2.75, 3.05) is 5.73 Å². The maximum atomic E-state index is 12.6. The zero-order valence-electron chi connectivity index (χ0n) is 16.0. The Bertz CT molecular complexity index is 1150. The number of hydrogen-bond acceptors (Lipinski definition) is 2. The van der Waals surface area contributed by atoms with Gasteiger partial charge in [0.05, 0.1) is 7.05 Å². The molecule has 144 valence electrons. The molecule has 1 aromatic heterocycles. The van der Waals surface area contributed by atoms with Gasteiger partial charge in [-0.05, 0) is 23.3 Å². The topological polar surface area (TPSA) is 51.9 Å². The fourth-order valence-electron chi connectivity index (χ4n) is 3.36. The van der Waals surface area contributed by atoms with E-state index in [0.717, 1.165) is 21.3 Å². The first-order chi connectivity index (χ1) is 14.0. The second-order valence-corrected chi connectivity index (χ2v) is 7.85. The normalized spacial score (nSPS) is 10.8. The van der Waals surface area contributed by atoms with Crippen molar-refractivity contribution in [2.24, 2.45) is 7.05 Å². The number of hydrogen-bond donors (Lipinski definition) is 1. The molecule has 1 heterocycles. The Labute approximate surface area is 178 Å². The van der Waals surface area contributed by atoms with E-state index in [2.05, 4.69) is 52.3 Å². The maximum Gasteiger partial charge on any atom is 0.355 e. The maximum absolute atomic E-state index is 12.6. The van der Waals surface area contributed by atoms with E-state index in [4.69, 9.17) is 5.73 Å². The van der Waals surface area contributed by atoms with E-state index >= 15 is 0 Å². The van der Waals surface area contributed by atoms with E-state index in [1.165, 1.54) is 5.56 Å². The van der Waals surface area contributed by atoms with Crippen LogP contribution in [0.4, 0.5) is 5.95 Å². The number of carbonyl (C=O) groups is 1. The molecule has 0 bridgehead atoms. The molecule has 0 saturated heterocycles. The summed E-state index contributed by atoms with van der Waals surface area (Å²) < 4.78 is 4.65. The Morgan fingerprint density at radius 2 is 1.48 bits per heavy atom. The highest BCUT2D eigenvalue weighted by Gasteiger charge is 2.20. The second-order valence-electron chi connectivity index (χ2n) is 6.93. The molecule has 0 radical (unpaired) electrons. The number of aromatic nitrogens is 2. The van der Waals surface area contributed by atoms with Gasteiger partial charge >= 0.3 is 5.95 Å². The number of ketones is 1. The van der Waals surface area contributed by atoms with E-state index in [9.17, 15) is 4.79 Å². The smallest absolute Gasteiger partial charge is 0.291 e. The molecule has 4 aromatic rings. The lowest BCUT2D eigenvalue weighted by molar-refractivity contribution is -0.667. The highest BCUT2D eigenvalue weighted by atomic mass is 79.9. The molecule has 0 spiro atoms. The fourth-order valence-corrected chi connectivity index (χ4v) is 3.62. The van der Waals surface area contributed by atoms with Gasteiger partial charge in [-0.2, -0.15) is 0 Å². The lowest BCUT2D eigenvalue weighted by atomic mass is 10.0. The van der Waals surface area contributed by atoms with Crippen molar-refractivity contribution in [3.63, 3.8) is 0 Å². The molecule has 0 aliphatic rings. The molecule has 0 fully saturated rings. The number of halogens is 1. The Morgan fingerprint density at radius 1 is 0.897 bits per heavy atom. The summed E-state index contributed by atoms with van der Waals surface area (Å²) in [6.45, 7) is 0.198. The molecular weight excluding hydrogens is 426 g/mol. The van der Waals surface area contributed by atoms with Gasteiger partial charge in [-0.3, -0.25) is 10.5 Å². The zero-order valence-corrected chi connectivity index (χ0v) is 17.6. The second kappa shape index (κ2) is 8.05. The first-order valence-electron chi connectivity index (χ1n) is 9.32. The number of rotatable bonds is 5. The number of nitrogen functional groups attached to an aromatic ring is 1. The highest BCUT2D eigenvalue weighted by molar-refractivity contribution is 9.10. The summed E-state index contributed by atoms with van der Waals surface area (Å²) in [6, 6.07) is 26.0. The van der Waals surface area contributed by atoms with Gasteiger partial charge in [-0.1, -0.05) is 82.7 Å². The Morgan fingerprint density at radius 3 is 2.14 bits per heavy atom. The summed E-state index contributed by atoms with van der Waals surface area (Å²) >= 11 is 3.39. The van der Waals surface area contributed by atoms with Crippen LogP contribution in [0.5, 0.6) is 0 Å². The molecule has 2 N–H and O–H groups in total. The standard InChI is InChI=1S/C24H20BrN3O/c1-27-22(19-9-7-18(8-10-19)17-5-3-2-4-6-17)15-28(24(27)26)16-23(29)20-11-13-21(25)14-12-20/h2-15,26H,16H2,1H3/p+1. The molecule has 29 heavy (non-hydrogen) atoms. The minimum absolute atomic E-state index is 0.0192. The quantitative estimate of drug-likeness (QED) is 0.351. The summed E-state index contributed by atoms with van der Waals surface area (Å²) in [7, 11) is 1.91. The summed E-state index contributed by atoms with van der Waals surface area (Å²) in [5, 5.41) is 0. The van der Waals surface area contributed by atoms with Crippen molar-refractivity contribution in [2.45, 2.75) is 6.54 Å². The molecule has 3 aromatic carbocycles. The molecule has 4 rings (SSSR count). The Kier molecular flexibility index (Phi) is 5.32. The molecule has 0 aliphatic carbocycles. The van der Waals surface area contributed by atoms with Gasteiger partial charge in [0, 0.05) is 15.6 Å². The van der Waals surface area contributed by atoms with Crippen molar-refractivity contribution >= 4 is 27.7 Å². The molecule has 0 amide bonds. The minimum Gasteiger partial charge on any atom is -0.291 e. The van der Waals surface area contributed by atoms with Crippen LogP contribution in [-0.2, 0) is 13.6 Å². The van der Waals surface area contributed by atoms with Gasteiger partial charge in [0.2, 0.25) is 0 Å². The predicted molar refractivity (Wildman–Crippen MR) is 119 cm³/mol. The predicted octanol–water partition coefficient (Wildman–Crippen LogP) is 4.87. The van der Waals surface area contributed by atoms with Crippen molar-refractivity contribution in [3.05, 3.63) is 95.1 Å². The monoisotopic (exact) mass is 446 g/mol. The van der Waals surface area contributed by atoms with Gasteiger partial charge < -0.3 is 0 Å². The third kappa shape index (κ3) is 4.00. The van der Waals surface area contributed by atoms with E-state index < -0.39 is 0 Å². The SMILES string of the molecule is Cn1c(-c2ccc(-c3ccccc3)cc2)c[n+](CC(=O)c2ccc(Br)cc2)c1N. The molecule has 5 heteroatoms.